The molecule has 0 radical (unpaired) electrons. The lowest BCUT2D eigenvalue weighted by atomic mass is 10.2. The second-order valence-corrected chi connectivity index (χ2v) is 3.90. The summed E-state index contributed by atoms with van der Waals surface area (Å²) in [5, 5.41) is 0. The highest BCUT2D eigenvalue weighted by Crippen LogP contribution is 2.27. The van der Waals surface area contributed by atoms with Gasteiger partial charge in [-0.05, 0) is 24.3 Å². The maximum Gasteiger partial charge on any atom is 0.258 e. The van der Waals surface area contributed by atoms with Gasteiger partial charge in [-0.3, -0.25) is 4.79 Å². The van der Waals surface area contributed by atoms with E-state index < -0.39 is 0 Å². The maximum absolute atomic E-state index is 12.3. The van der Waals surface area contributed by atoms with Crippen LogP contribution in [0.1, 0.15) is 10.4 Å². The third-order valence-electron chi connectivity index (χ3n) is 2.77. The lowest BCUT2D eigenvalue weighted by molar-refractivity contribution is 0.0992. The van der Waals surface area contributed by atoms with E-state index in [1.807, 2.05) is 42.5 Å². The van der Waals surface area contributed by atoms with E-state index in [1.165, 1.54) is 0 Å². The molecule has 0 heterocycles. The van der Waals surface area contributed by atoms with Gasteiger partial charge in [-0.1, -0.05) is 30.3 Å². The third-order valence-corrected chi connectivity index (χ3v) is 2.77. The van der Waals surface area contributed by atoms with Crippen LogP contribution in [0.3, 0.4) is 0 Å². The van der Waals surface area contributed by atoms with Gasteiger partial charge in [-0.2, -0.15) is 0 Å². The van der Waals surface area contributed by atoms with Gasteiger partial charge in [0.15, 0.2) is 0 Å². The maximum atomic E-state index is 12.3. The minimum atomic E-state index is -0.0555. The van der Waals surface area contributed by atoms with E-state index in [1.54, 1.807) is 31.2 Å². The molecule has 2 aromatic carbocycles. The van der Waals surface area contributed by atoms with Gasteiger partial charge in [0.25, 0.3) is 5.91 Å². The predicted octanol–water partition coefficient (Wildman–Crippen LogP) is 2.97. The molecule has 0 N–H and O–H groups in total. The van der Waals surface area contributed by atoms with Crippen molar-refractivity contribution in [3.8, 4) is 5.75 Å². The third kappa shape index (κ3) is 2.35. The molecule has 18 heavy (non-hydrogen) atoms. The van der Waals surface area contributed by atoms with Crippen LogP contribution in [0.5, 0.6) is 5.75 Å². The largest absolute Gasteiger partial charge is 0.495 e. The fraction of sp³-hybridized carbons (Fsp3) is 0.133. The molecule has 0 aliphatic carbocycles. The normalized spacial score (nSPS) is 9.89. The average Bonchev–Trinajstić information content (AvgIpc) is 2.46. The fourth-order valence-electron chi connectivity index (χ4n) is 1.79. The summed E-state index contributed by atoms with van der Waals surface area (Å²) < 4.78 is 5.26. The zero-order valence-corrected chi connectivity index (χ0v) is 10.5. The molecular formula is C15H15NO2. The van der Waals surface area contributed by atoms with Crippen LogP contribution in [-0.2, 0) is 0 Å². The number of para-hydroxylation sites is 2. The summed E-state index contributed by atoms with van der Waals surface area (Å²) >= 11 is 0. The summed E-state index contributed by atoms with van der Waals surface area (Å²) in [5.74, 6) is 0.629. The average molecular weight is 241 g/mol. The van der Waals surface area contributed by atoms with E-state index in [-0.39, 0.29) is 5.91 Å². The van der Waals surface area contributed by atoms with E-state index in [4.69, 9.17) is 4.74 Å². The van der Waals surface area contributed by atoms with Crippen LogP contribution in [-0.4, -0.2) is 20.1 Å². The van der Waals surface area contributed by atoms with Crippen molar-refractivity contribution >= 4 is 11.6 Å². The number of nitrogens with zero attached hydrogens (tertiary/aromatic N) is 1. The highest BCUT2D eigenvalue weighted by molar-refractivity contribution is 6.06. The minimum absolute atomic E-state index is 0.0555. The van der Waals surface area contributed by atoms with Gasteiger partial charge < -0.3 is 9.64 Å². The van der Waals surface area contributed by atoms with Crippen LogP contribution in [0.15, 0.2) is 54.6 Å². The zero-order chi connectivity index (χ0) is 13.0. The van der Waals surface area contributed by atoms with E-state index in [9.17, 15) is 4.79 Å². The van der Waals surface area contributed by atoms with E-state index >= 15 is 0 Å². The molecule has 92 valence electrons. The number of carbonyl (C=O) groups excluding carboxylic acids is 1. The van der Waals surface area contributed by atoms with Gasteiger partial charge in [0.05, 0.1) is 12.8 Å². The van der Waals surface area contributed by atoms with Crippen LogP contribution in [0.2, 0.25) is 0 Å². The van der Waals surface area contributed by atoms with Gasteiger partial charge in [0.1, 0.15) is 5.75 Å². The first-order chi connectivity index (χ1) is 8.74. The first kappa shape index (κ1) is 12.2. The molecule has 0 saturated heterocycles. The van der Waals surface area contributed by atoms with Crippen LogP contribution in [0.25, 0.3) is 0 Å². The second kappa shape index (κ2) is 5.36. The van der Waals surface area contributed by atoms with Crippen molar-refractivity contribution in [2.45, 2.75) is 0 Å². The Bertz CT molecular complexity index is 537. The van der Waals surface area contributed by atoms with E-state index in [0.29, 0.717) is 11.3 Å². The summed E-state index contributed by atoms with van der Waals surface area (Å²) in [6, 6.07) is 16.6. The monoisotopic (exact) mass is 241 g/mol. The Morgan fingerprint density at radius 3 is 2.28 bits per heavy atom. The number of hydrogen-bond acceptors (Lipinski definition) is 2. The summed E-state index contributed by atoms with van der Waals surface area (Å²) in [4.78, 5) is 13.9. The molecular weight excluding hydrogens is 226 g/mol. The van der Waals surface area contributed by atoms with Crippen LogP contribution in [0.4, 0.5) is 5.69 Å². The number of hydrogen-bond donors (Lipinski definition) is 0. The molecule has 0 aliphatic rings. The van der Waals surface area contributed by atoms with Gasteiger partial charge in [0.2, 0.25) is 0 Å². The van der Waals surface area contributed by atoms with Crippen LogP contribution >= 0.6 is 0 Å². The summed E-state index contributed by atoms with van der Waals surface area (Å²) in [6.45, 7) is 0. The standard InChI is InChI=1S/C15H15NO2/c1-16(13-10-6-7-11-14(13)18-2)15(17)12-8-4-3-5-9-12/h3-11H,1-2H3. The summed E-state index contributed by atoms with van der Waals surface area (Å²) in [6.07, 6.45) is 0. The van der Waals surface area contributed by atoms with Crippen molar-refractivity contribution in [2.75, 3.05) is 19.1 Å². The Labute approximate surface area is 107 Å². The minimum Gasteiger partial charge on any atom is -0.495 e. The first-order valence-electron chi connectivity index (χ1n) is 5.70. The Morgan fingerprint density at radius 2 is 1.61 bits per heavy atom. The van der Waals surface area contributed by atoms with Gasteiger partial charge in [-0.15, -0.1) is 0 Å². The number of benzene rings is 2. The molecule has 3 heteroatoms. The van der Waals surface area contributed by atoms with E-state index in [0.717, 1.165) is 5.69 Å². The number of ether oxygens (including phenoxy) is 1. The zero-order valence-electron chi connectivity index (χ0n) is 10.5. The number of carbonyl (C=O) groups is 1. The Kier molecular flexibility index (Phi) is 3.63. The molecule has 0 saturated carbocycles. The number of anilines is 1. The molecule has 3 nitrogen and oxygen atoms in total. The highest BCUT2D eigenvalue weighted by Gasteiger charge is 2.15. The molecule has 0 unspecified atom stereocenters. The van der Waals surface area contributed by atoms with Gasteiger partial charge in [0, 0.05) is 12.6 Å². The Morgan fingerprint density at radius 1 is 1.00 bits per heavy atom. The van der Waals surface area contributed by atoms with Crippen LogP contribution < -0.4 is 9.64 Å². The smallest absolute Gasteiger partial charge is 0.258 e. The van der Waals surface area contributed by atoms with Gasteiger partial charge in [-0.25, -0.2) is 0 Å². The molecule has 0 fully saturated rings. The topological polar surface area (TPSA) is 29.5 Å². The number of amides is 1. The van der Waals surface area contributed by atoms with Crippen molar-refractivity contribution in [2.24, 2.45) is 0 Å². The first-order valence-corrected chi connectivity index (χ1v) is 5.70. The van der Waals surface area contributed by atoms with Crippen LogP contribution in [0, 0.1) is 0 Å². The summed E-state index contributed by atoms with van der Waals surface area (Å²) in [7, 11) is 3.34. The molecule has 2 aromatic rings. The molecule has 0 atom stereocenters. The van der Waals surface area contributed by atoms with Crippen molar-refractivity contribution in [1.29, 1.82) is 0 Å². The predicted molar refractivity (Wildman–Crippen MR) is 72.2 cm³/mol. The molecule has 1 amide bonds. The van der Waals surface area contributed by atoms with E-state index in [2.05, 4.69) is 0 Å². The molecule has 0 aliphatic heterocycles. The molecule has 0 bridgehead atoms. The highest BCUT2D eigenvalue weighted by atomic mass is 16.5. The number of methoxy groups -OCH3 is 1. The second-order valence-electron chi connectivity index (χ2n) is 3.90. The SMILES string of the molecule is COc1ccccc1N(C)C(=O)c1ccccc1. The summed E-state index contributed by atoms with van der Waals surface area (Å²) in [5.41, 5.74) is 1.42. The lowest BCUT2D eigenvalue weighted by Gasteiger charge is -2.19. The molecule has 0 spiro atoms. The Hall–Kier alpha value is -2.29. The Balaban J connectivity index is 2.31. The number of rotatable bonds is 3. The van der Waals surface area contributed by atoms with Crippen molar-refractivity contribution in [3.05, 3.63) is 60.2 Å². The fourth-order valence-corrected chi connectivity index (χ4v) is 1.79. The van der Waals surface area contributed by atoms with Crippen molar-refractivity contribution < 1.29 is 9.53 Å². The molecule has 0 aromatic heterocycles. The van der Waals surface area contributed by atoms with Crippen molar-refractivity contribution in [3.63, 3.8) is 0 Å². The lowest BCUT2D eigenvalue weighted by Crippen LogP contribution is -2.26. The molecule has 2 rings (SSSR count). The van der Waals surface area contributed by atoms with Crippen molar-refractivity contribution in [1.82, 2.24) is 0 Å². The quantitative estimate of drug-likeness (QED) is 0.826. The van der Waals surface area contributed by atoms with Gasteiger partial charge >= 0.3 is 0 Å².